The van der Waals surface area contributed by atoms with Crippen molar-refractivity contribution in [2.45, 2.75) is 52.0 Å². The summed E-state index contributed by atoms with van der Waals surface area (Å²) in [6.07, 6.45) is 2.71. The molecule has 0 saturated heterocycles. The fraction of sp³-hybridized carbons (Fsp3) is 0.727. The second-order valence-electron chi connectivity index (χ2n) is 3.57. The molecule has 0 radical (unpaired) electrons. The Bertz CT molecular complexity index is 192. The number of Topliss-reactive ketones (excluding diaryl/α,β-unsaturated/α-hetero) is 1. The zero-order valence-corrected chi connectivity index (χ0v) is 9.02. The molecule has 0 amide bonds. The maximum absolute atomic E-state index is 11.7. The third-order valence-electron chi connectivity index (χ3n) is 2.73. The van der Waals surface area contributed by atoms with Gasteiger partial charge in [0.2, 0.25) is 0 Å². The average Bonchev–Trinajstić information content (AvgIpc) is 2.16. The molecular weight excluding hydrogens is 162 g/mol. The van der Waals surface area contributed by atoms with E-state index in [1.165, 1.54) is 0 Å². The molecule has 2 nitrogen and oxygen atoms in total. The Morgan fingerprint density at radius 2 is 1.77 bits per heavy atom. The highest BCUT2D eigenvalue weighted by atomic mass is 16.1. The predicted molar refractivity (Wildman–Crippen MR) is 56.6 cm³/mol. The quantitative estimate of drug-likeness (QED) is 0.643. The first-order chi connectivity index (χ1) is 6.00. The van der Waals surface area contributed by atoms with Gasteiger partial charge in [0, 0.05) is 6.42 Å². The molecule has 76 valence electrons. The van der Waals surface area contributed by atoms with Crippen molar-refractivity contribution >= 4 is 5.78 Å². The highest BCUT2D eigenvalue weighted by Crippen LogP contribution is 2.17. The summed E-state index contributed by atoms with van der Waals surface area (Å²) in [4.78, 5) is 11.7. The van der Waals surface area contributed by atoms with Crippen LogP contribution in [0.1, 0.15) is 46.5 Å². The summed E-state index contributed by atoms with van der Waals surface area (Å²) in [5, 5.41) is 0. The van der Waals surface area contributed by atoms with Crippen molar-refractivity contribution in [3.05, 3.63) is 12.2 Å². The second kappa shape index (κ2) is 5.18. The lowest BCUT2D eigenvalue weighted by molar-refractivity contribution is -0.123. The van der Waals surface area contributed by atoms with Crippen molar-refractivity contribution in [3.8, 4) is 0 Å². The van der Waals surface area contributed by atoms with Crippen molar-refractivity contribution in [1.82, 2.24) is 0 Å². The maximum atomic E-state index is 11.7. The van der Waals surface area contributed by atoms with Gasteiger partial charge >= 0.3 is 0 Å². The topological polar surface area (TPSA) is 43.1 Å². The first kappa shape index (κ1) is 12.4. The van der Waals surface area contributed by atoms with Crippen molar-refractivity contribution in [2.75, 3.05) is 0 Å². The van der Waals surface area contributed by atoms with Gasteiger partial charge in [-0.2, -0.15) is 0 Å². The standard InChI is InChI=1S/C11H21NO/c1-5-9(4)8-10(13)11(12,6-2)7-3/h4-8,12H2,1-3H3. The largest absolute Gasteiger partial charge is 0.319 e. The van der Waals surface area contributed by atoms with Gasteiger partial charge in [-0.3, -0.25) is 4.79 Å². The molecule has 0 unspecified atom stereocenters. The van der Waals surface area contributed by atoms with Crippen molar-refractivity contribution < 1.29 is 4.79 Å². The van der Waals surface area contributed by atoms with Gasteiger partial charge in [0.1, 0.15) is 0 Å². The Kier molecular flexibility index (Phi) is 4.92. The minimum atomic E-state index is -0.627. The molecule has 0 atom stereocenters. The van der Waals surface area contributed by atoms with Crippen LogP contribution in [-0.2, 0) is 4.79 Å². The van der Waals surface area contributed by atoms with E-state index in [0.717, 1.165) is 12.0 Å². The summed E-state index contributed by atoms with van der Waals surface area (Å²) in [7, 11) is 0. The Morgan fingerprint density at radius 1 is 1.31 bits per heavy atom. The van der Waals surface area contributed by atoms with E-state index in [1.807, 2.05) is 20.8 Å². The SMILES string of the molecule is C=C(CC)CC(=O)C(N)(CC)CC. The van der Waals surface area contributed by atoms with Gasteiger partial charge in [-0.15, -0.1) is 0 Å². The normalized spacial score (nSPS) is 11.4. The highest BCUT2D eigenvalue weighted by molar-refractivity contribution is 5.89. The summed E-state index contributed by atoms with van der Waals surface area (Å²) in [6.45, 7) is 9.73. The monoisotopic (exact) mass is 183 g/mol. The first-order valence-electron chi connectivity index (χ1n) is 4.99. The molecule has 0 heterocycles. The second-order valence-corrected chi connectivity index (χ2v) is 3.57. The number of carbonyl (C=O) groups excluding carboxylic acids is 1. The van der Waals surface area contributed by atoms with Crippen LogP contribution in [0.25, 0.3) is 0 Å². The van der Waals surface area contributed by atoms with Gasteiger partial charge in [-0.05, 0) is 19.3 Å². The van der Waals surface area contributed by atoms with Crippen LogP contribution in [0.15, 0.2) is 12.2 Å². The lowest BCUT2D eigenvalue weighted by Crippen LogP contribution is -2.46. The van der Waals surface area contributed by atoms with Crippen molar-refractivity contribution in [3.63, 3.8) is 0 Å². The van der Waals surface area contributed by atoms with E-state index in [-0.39, 0.29) is 5.78 Å². The van der Waals surface area contributed by atoms with E-state index in [1.54, 1.807) is 0 Å². The van der Waals surface area contributed by atoms with E-state index in [4.69, 9.17) is 5.73 Å². The van der Waals surface area contributed by atoms with Crippen molar-refractivity contribution in [1.29, 1.82) is 0 Å². The Hall–Kier alpha value is -0.630. The molecule has 0 aliphatic rings. The minimum absolute atomic E-state index is 0.129. The smallest absolute Gasteiger partial charge is 0.156 e. The molecule has 0 aromatic carbocycles. The lowest BCUT2D eigenvalue weighted by Gasteiger charge is -2.25. The van der Waals surface area contributed by atoms with Crippen LogP contribution >= 0.6 is 0 Å². The Balaban J connectivity index is 4.31. The molecule has 0 rings (SSSR count). The maximum Gasteiger partial charge on any atom is 0.156 e. The summed E-state index contributed by atoms with van der Waals surface area (Å²) >= 11 is 0. The van der Waals surface area contributed by atoms with Gasteiger partial charge < -0.3 is 5.73 Å². The van der Waals surface area contributed by atoms with Crippen LogP contribution < -0.4 is 5.73 Å². The van der Waals surface area contributed by atoms with Gasteiger partial charge in [0.25, 0.3) is 0 Å². The third-order valence-corrected chi connectivity index (χ3v) is 2.73. The molecule has 0 aliphatic carbocycles. The number of nitrogens with two attached hydrogens (primary N) is 1. The van der Waals surface area contributed by atoms with Crippen LogP contribution in [0.3, 0.4) is 0 Å². The fourth-order valence-electron chi connectivity index (χ4n) is 1.17. The molecule has 13 heavy (non-hydrogen) atoms. The zero-order chi connectivity index (χ0) is 10.5. The molecule has 0 aliphatic heterocycles. The van der Waals surface area contributed by atoms with Gasteiger partial charge in [0.05, 0.1) is 5.54 Å². The van der Waals surface area contributed by atoms with E-state index < -0.39 is 5.54 Å². The molecule has 2 N–H and O–H groups in total. The van der Waals surface area contributed by atoms with Crippen LogP contribution in [0.5, 0.6) is 0 Å². The molecule has 0 aromatic heterocycles. The van der Waals surface area contributed by atoms with E-state index in [9.17, 15) is 4.79 Å². The van der Waals surface area contributed by atoms with Crippen LogP contribution in [0, 0.1) is 0 Å². The number of carbonyl (C=O) groups is 1. The summed E-state index contributed by atoms with van der Waals surface area (Å²) < 4.78 is 0. The van der Waals surface area contributed by atoms with Crippen LogP contribution in [-0.4, -0.2) is 11.3 Å². The minimum Gasteiger partial charge on any atom is -0.319 e. The number of hydrogen-bond donors (Lipinski definition) is 1. The highest BCUT2D eigenvalue weighted by Gasteiger charge is 2.29. The van der Waals surface area contributed by atoms with Gasteiger partial charge in [-0.25, -0.2) is 0 Å². The van der Waals surface area contributed by atoms with Crippen molar-refractivity contribution in [2.24, 2.45) is 5.73 Å². The summed E-state index contributed by atoms with van der Waals surface area (Å²) in [5.41, 5.74) is 6.30. The summed E-state index contributed by atoms with van der Waals surface area (Å²) in [5.74, 6) is 0.129. The Labute approximate surface area is 81.2 Å². The molecule has 0 aromatic rings. The van der Waals surface area contributed by atoms with Gasteiger partial charge in [0.15, 0.2) is 5.78 Å². The van der Waals surface area contributed by atoms with Gasteiger partial charge in [-0.1, -0.05) is 32.9 Å². The Morgan fingerprint density at radius 3 is 2.08 bits per heavy atom. The number of allylic oxidation sites excluding steroid dienone is 1. The fourth-order valence-corrected chi connectivity index (χ4v) is 1.17. The predicted octanol–water partition coefficient (Wildman–Crippen LogP) is 2.43. The lowest BCUT2D eigenvalue weighted by atomic mass is 9.86. The molecule has 0 bridgehead atoms. The average molecular weight is 183 g/mol. The molecule has 2 heteroatoms. The van der Waals surface area contributed by atoms with Crippen LogP contribution in [0.2, 0.25) is 0 Å². The number of ketones is 1. The van der Waals surface area contributed by atoms with Crippen LogP contribution in [0.4, 0.5) is 0 Å². The molecular formula is C11H21NO. The number of rotatable bonds is 6. The van der Waals surface area contributed by atoms with E-state index in [0.29, 0.717) is 19.3 Å². The third kappa shape index (κ3) is 3.31. The molecule has 0 spiro atoms. The first-order valence-corrected chi connectivity index (χ1v) is 4.99. The summed E-state index contributed by atoms with van der Waals surface area (Å²) in [6, 6.07) is 0. The van der Waals surface area contributed by atoms with E-state index in [2.05, 4.69) is 6.58 Å². The molecule has 0 saturated carbocycles. The van der Waals surface area contributed by atoms with E-state index >= 15 is 0 Å². The zero-order valence-electron chi connectivity index (χ0n) is 9.02. The number of hydrogen-bond acceptors (Lipinski definition) is 2. The molecule has 0 fully saturated rings.